The number of nitro benzene ring substituents is 1. The standard InChI is InChI=1S/C17H17N3O5S/c21-20(22)16-6-4-14(5-7-16)13-18-15-2-1-3-17(12-15)26(23,24)19-8-10-25-11-9-19/h1-7,12-13H,8-11H2. The molecule has 0 bridgehead atoms. The fourth-order valence-electron chi connectivity index (χ4n) is 2.49. The summed E-state index contributed by atoms with van der Waals surface area (Å²) in [7, 11) is -3.58. The average Bonchev–Trinajstić information content (AvgIpc) is 2.67. The molecule has 26 heavy (non-hydrogen) atoms. The molecule has 9 heteroatoms. The molecule has 0 spiro atoms. The first kappa shape index (κ1) is 18.2. The summed E-state index contributed by atoms with van der Waals surface area (Å²) in [5.41, 5.74) is 1.16. The van der Waals surface area contributed by atoms with Crippen molar-refractivity contribution in [2.45, 2.75) is 4.90 Å². The minimum absolute atomic E-state index is 0.000696. The van der Waals surface area contributed by atoms with Gasteiger partial charge in [-0.15, -0.1) is 0 Å². The minimum Gasteiger partial charge on any atom is -0.379 e. The second-order valence-corrected chi connectivity index (χ2v) is 7.56. The fraction of sp³-hybridized carbons (Fsp3) is 0.235. The molecule has 8 nitrogen and oxygen atoms in total. The number of nitro groups is 1. The molecule has 0 aromatic heterocycles. The summed E-state index contributed by atoms with van der Waals surface area (Å²) in [4.78, 5) is 14.6. The molecule has 1 aliphatic heterocycles. The van der Waals surface area contributed by atoms with Crippen LogP contribution in [0.1, 0.15) is 5.56 Å². The second-order valence-electron chi connectivity index (χ2n) is 5.62. The summed E-state index contributed by atoms with van der Waals surface area (Å²) in [6.07, 6.45) is 1.53. The zero-order chi connectivity index (χ0) is 18.6. The molecule has 2 aromatic rings. The van der Waals surface area contributed by atoms with E-state index in [9.17, 15) is 18.5 Å². The Labute approximate surface area is 150 Å². The third kappa shape index (κ3) is 4.13. The van der Waals surface area contributed by atoms with Crippen LogP contribution in [0.4, 0.5) is 11.4 Å². The van der Waals surface area contributed by atoms with E-state index in [2.05, 4.69) is 4.99 Å². The Morgan fingerprint density at radius 2 is 1.81 bits per heavy atom. The first-order chi connectivity index (χ1) is 12.5. The van der Waals surface area contributed by atoms with Crippen LogP contribution >= 0.6 is 0 Å². The zero-order valence-electron chi connectivity index (χ0n) is 13.8. The molecule has 1 fully saturated rings. The van der Waals surface area contributed by atoms with Crippen molar-refractivity contribution >= 4 is 27.6 Å². The van der Waals surface area contributed by atoms with Gasteiger partial charge in [0.15, 0.2) is 0 Å². The first-order valence-electron chi connectivity index (χ1n) is 7.93. The average molecular weight is 375 g/mol. The van der Waals surface area contributed by atoms with Crippen molar-refractivity contribution < 1.29 is 18.1 Å². The SMILES string of the molecule is O=[N+]([O-])c1ccc(C=Nc2cccc(S(=O)(=O)N3CCOCC3)c2)cc1. The molecule has 0 unspecified atom stereocenters. The third-order valence-corrected chi connectivity index (χ3v) is 5.79. The van der Waals surface area contributed by atoms with Crippen molar-refractivity contribution in [2.24, 2.45) is 4.99 Å². The van der Waals surface area contributed by atoms with Crippen LogP contribution in [0.5, 0.6) is 0 Å². The molecule has 2 aromatic carbocycles. The highest BCUT2D eigenvalue weighted by Crippen LogP contribution is 2.22. The van der Waals surface area contributed by atoms with Gasteiger partial charge in [-0.05, 0) is 35.9 Å². The van der Waals surface area contributed by atoms with Crippen LogP contribution in [-0.4, -0.2) is 50.2 Å². The lowest BCUT2D eigenvalue weighted by atomic mass is 10.2. The predicted molar refractivity (Wildman–Crippen MR) is 96.4 cm³/mol. The number of nitrogens with zero attached hydrogens (tertiary/aromatic N) is 3. The van der Waals surface area contributed by atoms with Gasteiger partial charge in [-0.25, -0.2) is 8.42 Å². The molecule has 3 rings (SSSR count). The summed E-state index contributed by atoms with van der Waals surface area (Å²) in [5.74, 6) is 0. The first-order valence-corrected chi connectivity index (χ1v) is 9.37. The molecule has 1 saturated heterocycles. The van der Waals surface area contributed by atoms with Gasteiger partial charge in [-0.2, -0.15) is 4.31 Å². The number of non-ortho nitro benzene ring substituents is 1. The summed E-state index contributed by atoms with van der Waals surface area (Å²) in [5, 5.41) is 10.7. The number of benzene rings is 2. The van der Waals surface area contributed by atoms with E-state index in [-0.39, 0.29) is 10.6 Å². The smallest absolute Gasteiger partial charge is 0.269 e. The lowest BCUT2D eigenvalue weighted by Gasteiger charge is -2.26. The molecule has 0 amide bonds. The Hall–Kier alpha value is -2.62. The van der Waals surface area contributed by atoms with Gasteiger partial charge >= 0.3 is 0 Å². The summed E-state index contributed by atoms with van der Waals surface area (Å²) < 4.78 is 31.9. The number of hydrogen-bond donors (Lipinski definition) is 0. The van der Waals surface area contributed by atoms with Crippen molar-refractivity contribution in [1.29, 1.82) is 0 Å². The van der Waals surface area contributed by atoms with E-state index in [0.29, 0.717) is 37.6 Å². The van der Waals surface area contributed by atoms with Crippen molar-refractivity contribution in [3.05, 3.63) is 64.2 Å². The van der Waals surface area contributed by atoms with Crippen LogP contribution in [0.3, 0.4) is 0 Å². The number of rotatable bonds is 5. The van der Waals surface area contributed by atoms with Gasteiger partial charge in [0, 0.05) is 31.4 Å². The van der Waals surface area contributed by atoms with E-state index in [0.717, 1.165) is 0 Å². The van der Waals surface area contributed by atoms with Gasteiger partial charge < -0.3 is 4.74 Å². The number of hydrogen-bond acceptors (Lipinski definition) is 6. The summed E-state index contributed by atoms with van der Waals surface area (Å²) in [6, 6.07) is 12.3. The maximum atomic E-state index is 12.7. The normalized spacial score (nSPS) is 16.0. The largest absolute Gasteiger partial charge is 0.379 e. The molecule has 0 aliphatic carbocycles. The van der Waals surface area contributed by atoms with E-state index in [4.69, 9.17) is 4.74 Å². The van der Waals surface area contributed by atoms with Crippen molar-refractivity contribution in [3.63, 3.8) is 0 Å². The Kier molecular flexibility index (Phi) is 5.40. The topological polar surface area (TPSA) is 102 Å². The Morgan fingerprint density at radius 3 is 2.46 bits per heavy atom. The zero-order valence-corrected chi connectivity index (χ0v) is 14.6. The van der Waals surface area contributed by atoms with Crippen LogP contribution in [-0.2, 0) is 14.8 Å². The highest BCUT2D eigenvalue weighted by Gasteiger charge is 2.26. The third-order valence-electron chi connectivity index (χ3n) is 3.89. The van der Waals surface area contributed by atoms with Gasteiger partial charge in [0.25, 0.3) is 5.69 Å². The van der Waals surface area contributed by atoms with Crippen LogP contribution in [0.25, 0.3) is 0 Å². The molecule has 136 valence electrons. The molecular weight excluding hydrogens is 358 g/mol. The molecule has 1 heterocycles. The molecule has 1 aliphatic rings. The summed E-state index contributed by atoms with van der Waals surface area (Å²) >= 11 is 0. The second kappa shape index (κ2) is 7.73. The minimum atomic E-state index is -3.58. The number of morpholine rings is 1. The van der Waals surface area contributed by atoms with Gasteiger partial charge in [0.1, 0.15) is 0 Å². The quantitative estimate of drug-likeness (QED) is 0.453. The van der Waals surface area contributed by atoms with Crippen LogP contribution in [0.2, 0.25) is 0 Å². The Balaban J connectivity index is 1.79. The van der Waals surface area contributed by atoms with E-state index < -0.39 is 14.9 Å². The van der Waals surface area contributed by atoms with Crippen LogP contribution < -0.4 is 0 Å². The van der Waals surface area contributed by atoms with Gasteiger partial charge in [-0.1, -0.05) is 6.07 Å². The number of sulfonamides is 1. The maximum absolute atomic E-state index is 12.7. The summed E-state index contributed by atoms with van der Waals surface area (Å²) in [6.45, 7) is 1.44. The molecule has 0 radical (unpaired) electrons. The van der Waals surface area contributed by atoms with Crippen molar-refractivity contribution in [1.82, 2.24) is 4.31 Å². The van der Waals surface area contributed by atoms with E-state index in [1.807, 2.05) is 0 Å². The highest BCUT2D eigenvalue weighted by molar-refractivity contribution is 7.89. The molecule has 0 atom stereocenters. The van der Waals surface area contributed by atoms with E-state index >= 15 is 0 Å². The predicted octanol–water partition coefficient (Wildman–Crippen LogP) is 2.37. The lowest BCUT2D eigenvalue weighted by Crippen LogP contribution is -2.40. The van der Waals surface area contributed by atoms with Gasteiger partial charge in [0.05, 0.1) is 28.7 Å². The van der Waals surface area contributed by atoms with Crippen molar-refractivity contribution in [3.8, 4) is 0 Å². The molecule has 0 N–H and O–H groups in total. The van der Waals surface area contributed by atoms with Gasteiger partial charge in [0.2, 0.25) is 10.0 Å². The van der Waals surface area contributed by atoms with Crippen molar-refractivity contribution in [2.75, 3.05) is 26.3 Å². The Bertz CT molecular complexity index is 920. The molecular formula is C17H17N3O5S. The van der Waals surface area contributed by atoms with Crippen LogP contribution in [0.15, 0.2) is 58.4 Å². The molecule has 0 saturated carbocycles. The van der Waals surface area contributed by atoms with E-state index in [1.165, 1.54) is 34.8 Å². The Morgan fingerprint density at radius 1 is 1.12 bits per heavy atom. The number of aliphatic imine (C=N–C) groups is 1. The van der Waals surface area contributed by atoms with Gasteiger partial charge in [-0.3, -0.25) is 15.1 Å². The fourth-order valence-corrected chi connectivity index (χ4v) is 3.94. The maximum Gasteiger partial charge on any atom is 0.269 e. The lowest BCUT2D eigenvalue weighted by molar-refractivity contribution is -0.384. The monoisotopic (exact) mass is 375 g/mol. The van der Waals surface area contributed by atoms with Crippen LogP contribution in [0, 0.1) is 10.1 Å². The van der Waals surface area contributed by atoms with E-state index in [1.54, 1.807) is 24.3 Å². The highest BCUT2D eigenvalue weighted by atomic mass is 32.2. The number of ether oxygens (including phenoxy) is 1.